The van der Waals surface area contributed by atoms with Crippen LogP contribution in [0.2, 0.25) is 0 Å². The molecular formula is C16H12S2. The molecule has 2 aromatic carbocycles. The summed E-state index contributed by atoms with van der Waals surface area (Å²) in [5.41, 5.74) is 1.34. The summed E-state index contributed by atoms with van der Waals surface area (Å²) in [6.07, 6.45) is 0. The zero-order valence-electron chi connectivity index (χ0n) is 10.3. The smallest absolute Gasteiger partial charge is 0.0369 e. The molecule has 0 radical (unpaired) electrons. The summed E-state index contributed by atoms with van der Waals surface area (Å²) >= 11 is 3.79. The molecule has 4 aromatic rings. The molecule has 0 N–H and O–H groups in total. The van der Waals surface area contributed by atoms with E-state index in [1.165, 1.54) is 40.7 Å². The molecule has 0 saturated heterocycles. The van der Waals surface area contributed by atoms with Crippen molar-refractivity contribution < 1.29 is 0 Å². The van der Waals surface area contributed by atoms with Gasteiger partial charge in [0.2, 0.25) is 0 Å². The van der Waals surface area contributed by atoms with Crippen molar-refractivity contribution in [2.75, 3.05) is 0 Å². The van der Waals surface area contributed by atoms with E-state index in [-0.39, 0.29) is 0 Å². The summed E-state index contributed by atoms with van der Waals surface area (Å²) in [6, 6.07) is 13.7. The number of aryl methyl sites for hydroxylation is 2. The Morgan fingerprint density at radius 2 is 1.56 bits per heavy atom. The Bertz CT molecular complexity index is 894. The Kier molecular flexibility index (Phi) is 2.08. The van der Waals surface area contributed by atoms with Gasteiger partial charge in [-0.05, 0) is 49.1 Å². The van der Waals surface area contributed by atoms with Crippen LogP contribution in [-0.2, 0) is 0 Å². The first-order chi connectivity index (χ1) is 8.70. The van der Waals surface area contributed by atoms with Crippen LogP contribution in [0.4, 0.5) is 0 Å². The predicted molar refractivity (Wildman–Crippen MR) is 84.2 cm³/mol. The Morgan fingerprint density at radius 1 is 0.722 bits per heavy atom. The van der Waals surface area contributed by atoms with Crippen molar-refractivity contribution in [3.05, 3.63) is 46.8 Å². The molecule has 0 aliphatic carbocycles. The molecule has 0 saturated carbocycles. The summed E-state index contributed by atoms with van der Waals surface area (Å²) in [6.45, 7) is 4.34. The van der Waals surface area contributed by atoms with Gasteiger partial charge in [0, 0.05) is 29.7 Å². The lowest BCUT2D eigenvalue weighted by Crippen LogP contribution is -1.69. The summed E-state index contributed by atoms with van der Waals surface area (Å²) in [4.78, 5) is 1.39. The molecule has 2 aromatic heterocycles. The third-order valence-electron chi connectivity index (χ3n) is 3.39. The second-order valence-corrected chi connectivity index (χ2v) is 7.22. The first-order valence-corrected chi connectivity index (χ1v) is 7.67. The summed E-state index contributed by atoms with van der Waals surface area (Å²) in [5.74, 6) is 0. The van der Waals surface area contributed by atoms with E-state index in [1.54, 1.807) is 0 Å². The summed E-state index contributed by atoms with van der Waals surface area (Å²) in [5, 5.41) is 4.18. The fourth-order valence-corrected chi connectivity index (χ4v) is 4.80. The van der Waals surface area contributed by atoms with Crippen LogP contribution in [0.3, 0.4) is 0 Å². The van der Waals surface area contributed by atoms with Crippen LogP contribution >= 0.6 is 22.7 Å². The van der Waals surface area contributed by atoms with E-state index in [1.807, 2.05) is 22.7 Å². The lowest BCUT2D eigenvalue weighted by Gasteiger charge is -1.94. The van der Waals surface area contributed by atoms with Gasteiger partial charge in [0.25, 0.3) is 0 Å². The second kappa shape index (κ2) is 3.56. The highest BCUT2D eigenvalue weighted by molar-refractivity contribution is 7.26. The van der Waals surface area contributed by atoms with Gasteiger partial charge in [-0.15, -0.1) is 22.7 Å². The van der Waals surface area contributed by atoms with Gasteiger partial charge in [0.05, 0.1) is 0 Å². The minimum Gasteiger partial charge on any atom is -0.141 e. The van der Waals surface area contributed by atoms with Crippen molar-refractivity contribution in [3.63, 3.8) is 0 Å². The zero-order valence-corrected chi connectivity index (χ0v) is 11.9. The third kappa shape index (κ3) is 1.43. The van der Waals surface area contributed by atoms with Gasteiger partial charge >= 0.3 is 0 Å². The lowest BCUT2D eigenvalue weighted by atomic mass is 10.1. The first kappa shape index (κ1) is 10.5. The van der Waals surface area contributed by atoms with Crippen LogP contribution in [0.25, 0.3) is 30.3 Å². The molecule has 0 aliphatic rings. The van der Waals surface area contributed by atoms with Crippen molar-refractivity contribution in [1.29, 1.82) is 0 Å². The van der Waals surface area contributed by atoms with Crippen LogP contribution < -0.4 is 0 Å². The SMILES string of the molecule is Cc1ccc2c(c1)sc1cc3sc(C)cc3cc12. The van der Waals surface area contributed by atoms with Crippen LogP contribution in [0.5, 0.6) is 0 Å². The number of hydrogen-bond donors (Lipinski definition) is 0. The van der Waals surface area contributed by atoms with Gasteiger partial charge in [-0.25, -0.2) is 0 Å². The van der Waals surface area contributed by atoms with Crippen molar-refractivity contribution in [2.24, 2.45) is 0 Å². The molecule has 0 nitrogen and oxygen atoms in total. The molecule has 0 atom stereocenters. The van der Waals surface area contributed by atoms with E-state index in [2.05, 4.69) is 50.2 Å². The average molecular weight is 268 g/mol. The fraction of sp³-hybridized carbons (Fsp3) is 0.125. The Balaban J connectivity index is 2.21. The van der Waals surface area contributed by atoms with E-state index < -0.39 is 0 Å². The summed E-state index contributed by atoms with van der Waals surface area (Å²) in [7, 11) is 0. The zero-order chi connectivity index (χ0) is 12.3. The number of fused-ring (bicyclic) bond motifs is 4. The van der Waals surface area contributed by atoms with Crippen LogP contribution in [-0.4, -0.2) is 0 Å². The normalized spacial score (nSPS) is 11.9. The van der Waals surface area contributed by atoms with Crippen LogP contribution in [0.1, 0.15) is 10.4 Å². The highest BCUT2D eigenvalue weighted by Gasteiger charge is 2.08. The molecule has 0 unspecified atom stereocenters. The molecule has 0 aliphatic heterocycles. The van der Waals surface area contributed by atoms with Gasteiger partial charge in [-0.3, -0.25) is 0 Å². The van der Waals surface area contributed by atoms with Gasteiger partial charge < -0.3 is 0 Å². The number of rotatable bonds is 0. The molecule has 88 valence electrons. The maximum absolute atomic E-state index is 2.35. The van der Waals surface area contributed by atoms with Crippen LogP contribution in [0.15, 0.2) is 36.4 Å². The van der Waals surface area contributed by atoms with Crippen LogP contribution in [0, 0.1) is 13.8 Å². The highest BCUT2D eigenvalue weighted by Crippen LogP contribution is 2.38. The second-order valence-electron chi connectivity index (χ2n) is 4.84. The van der Waals surface area contributed by atoms with E-state index in [9.17, 15) is 0 Å². The minimum atomic E-state index is 1.34. The molecule has 18 heavy (non-hydrogen) atoms. The molecule has 4 rings (SSSR count). The van der Waals surface area contributed by atoms with Crippen molar-refractivity contribution in [1.82, 2.24) is 0 Å². The molecular weight excluding hydrogens is 256 g/mol. The lowest BCUT2D eigenvalue weighted by molar-refractivity contribution is 1.52. The highest BCUT2D eigenvalue weighted by atomic mass is 32.1. The van der Waals surface area contributed by atoms with Gasteiger partial charge in [-0.1, -0.05) is 12.1 Å². The van der Waals surface area contributed by atoms with Crippen molar-refractivity contribution in [2.45, 2.75) is 13.8 Å². The largest absolute Gasteiger partial charge is 0.141 e. The Labute approximate surface area is 113 Å². The topological polar surface area (TPSA) is 0 Å². The molecule has 0 fully saturated rings. The number of benzene rings is 2. The van der Waals surface area contributed by atoms with Gasteiger partial charge in [-0.2, -0.15) is 0 Å². The van der Waals surface area contributed by atoms with Crippen molar-refractivity contribution >= 4 is 52.9 Å². The molecule has 0 amide bonds. The van der Waals surface area contributed by atoms with E-state index in [0.717, 1.165) is 0 Å². The summed E-state index contributed by atoms with van der Waals surface area (Å²) < 4.78 is 4.22. The van der Waals surface area contributed by atoms with Gasteiger partial charge in [0.15, 0.2) is 0 Å². The Hall–Kier alpha value is -1.38. The van der Waals surface area contributed by atoms with E-state index in [0.29, 0.717) is 0 Å². The molecule has 2 heteroatoms. The predicted octanol–water partition coefficient (Wildman–Crippen LogP) is 5.89. The molecule has 2 heterocycles. The maximum atomic E-state index is 2.35. The van der Waals surface area contributed by atoms with E-state index >= 15 is 0 Å². The minimum absolute atomic E-state index is 1.34. The molecule has 0 spiro atoms. The molecule has 0 bridgehead atoms. The van der Waals surface area contributed by atoms with E-state index in [4.69, 9.17) is 0 Å². The van der Waals surface area contributed by atoms with Gasteiger partial charge in [0.1, 0.15) is 0 Å². The number of hydrogen-bond acceptors (Lipinski definition) is 2. The Morgan fingerprint density at radius 3 is 2.44 bits per heavy atom. The monoisotopic (exact) mass is 268 g/mol. The standard InChI is InChI=1S/C16H12S2/c1-9-3-4-12-13-7-11-6-10(2)17-14(11)8-16(13)18-15(12)5-9/h3-8H,1-2H3. The average Bonchev–Trinajstić information content (AvgIpc) is 2.83. The third-order valence-corrected chi connectivity index (χ3v) is 5.52. The number of thiophene rings is 2. The maximum Gasteiger partial charge on any atom is 0.0369 e. The van der Waals surface area contributed by atoms with Crippen molar-refractivity contribution in [3.8, 4) is 0 Å². The quantitative estimate of drug-likeness (QED) is 0.373. The first-order valence-electron chi connectivity index (χ1n) is 6.04. The fourth-order valence-electron chi connectivity index (χ4n) is 2.55.